The van der Waals surface area contributed by atoms with Gasteiger partial charge in [0.05, 0.1) is 17.6 Å². The maximum absolute atomic E-state index is 13.3. The van der Waals surface area contributed by atoms with Crippen LogP contribution < -0.4 is 0 Å². The number of amides is 1. The number of aromatic nitrogens is 1. The highest BCUT2D eigenvalue weighted by atomic mass is 19.1. The first kappa shape index (κ1) is 13.1. The molecular weight excluding hydrogens is 221 g/mol. The molecule has 4 nitrogen and oxygen atoms in total. The number of carbonyl (C=O) groups excluding carboxylic acids is 1. The number of pyridine rings is 1. The Morgan fingerprint density at radius 1 is 1.71 bits per heavy atom. The van der Waals surface area contributed by atoms with Crippen LogP contribution in [0.1, 0.15) is 24.2 Å². The van der Waals surface area contributed by atoms with Gasteiger partial charge in [0.1, 0.15) is 0 Å². The van der Waals surface area contributed by atoms with Crippen molar-refractivity contribution in [3.63, 3.8) is 0 Å². The molecule has 90 valence electrons. The van der Waals surface area contributed by atoms with E-state index in [4.69, 9.17) is 5.26 Å². The van der Waals surface area contributed by atoms with Crippen LogP contribution in [0.4, 0.5) is 4.39 Å². The lowest BCUT2D eigenvalue weighted by Crippen LogP contribution is -2.35. The summed E-state index contributed by atoms with van der Waals surface area (Å²) in [5.41, 5.74) is -0.0560. The van der Waals surface area contributed by atoms with Crippen LogP contribution in [0, 0.1) is 23.2 Å². The number of hydrogen-bond acceptors (Lipinski definition) is 3. The zero-order valence-electron chi connectivity index (χ0n) is 9.85. The van der Waals surface area contributed by atoms with E-state index in [-0.39, 0.29) is 11.5 Å². The highest BCUT2D eigenvalue weighted by molar-refractivity contribution is 5.94. The summed E-state index contributed by atoms with van der Waals surface area (Å²) in [5.74, 6) is -1.49. The van der Waals surface area contributed by atoms with E-state index in [0.29, 0.717) is 13.1 Å². The largest absolute Gasteiger partial charge is 0.337 e. The summed E-state index contributed by atoms with van der Waals surface area (Å²) in [4.78, 5) is 16.9. The van der Waals surface area contributed by atoms with Crippen molar-refractivity contribution >= 4 is 5.91 Å². The van der Waals surface area contributed by atoms with Gasteiger partial charge in [0.2, 0.25) is 5.95 Å². The SMILES string of the molecule is CCN(CC(C)C#N)C(=O)c1cccnc1F. The number of rotatable bonds is 4. The molecule has 0 saturated carbocycles. The highest BCUT2D eigenvalue weighted by Gasteiger charge is 2.19. The molecule has 0 fully saturated rings. The molecule has 5 heteroatoms. The van der Waals surface area contributed by atoms with Crippen molar-refractivity contribution in [2.45, 2.75) is 13.8 Å². The Hall–Kier alpha value is -1.96. The number of hydrogen-bond donors (Lipinski definition) is 0. The van der Waals surface area contributed by atoms with Gasteiger partial charge in [-0.3, -0.25) is 4.79 Å². The second kappa shape index (κ2) is 5.94. The molecule has 1 aromatic heterocycles. The smallest absolute Gasteiger partial charge is 0.258 e. The number of nitrogens with zero attached hydrogens (tertiary/aromatic N) is 3. The molecule has 1 aromatic rings. The van der Waals surface area contributed by atoms with Crippen molar-refractivity contribution in [2.24, 2.45) is 5.92 Å². The fraction of sp³-hybridized carbons (Fsp3) is 0.417. The Morgan fingerprint density at radius 2 is 2.41 bits per heavy atom. The molecule has 1 rings (SSSR count). The molecule has 1 amide bonds. The predicted octanol–water partition coefficient (Wildman–Crippen LogP) is 1.84. The average molecular weight is 235 g/mol. The zero-order valence-corrected chi connectivity index (χ0v) is 9.85. The van der Waals surface area contributed by atoms with Gasteiger partial charge >= 0.3 is 0 Å². The van der Waals surface area contributed by atoms with Crippen LogP contribution in [0.15, 0.2) is 18.3 Å². The standard InChI is InChI=1S/C12H14FN3O/c1-3-16(8-9(2)7-14)12(17)10-5-4-6-15-11(10)13/h4-6,9H,3,8H2,1-2H3. The summed E-state index contributed by atoms with van der Waals surface area (Å²) >= 11 is 0. The topological polar surface area (TPSA) is 57.0 Å². The molecule has 1 heterocycles. The Kier molecular flexibility index (Phi) is 4.58. The van der Waals surface area contributed by atoms with Gasteiger partial charge in [-0.2, -0.15) is 9.65 Å². The second-order valence-electron chi connectivity index (χ2n) is 3.72. The van der Waals surface area contributed by atoms with E-state index in [1.54, 1.807) is 13.8 Å². The van der Waals surface area contributed by atoms with Gasteiger partial charge in [0, 0.05) is 19.3 Å². The lowest BCUT2D eigenvalue weighted by atomic mass is 10.1. The Morgan fingerprint density at radius 3 is 2.94 bits per heavy atom. The van der Waals surface area contributed by atoms with E-state index >= 15 is 0 Å². The van der Waals surface area contributed by atoms with Crippen molar-refractivity contribution in [3.8, 4) is 6.07 Å². The van der Waals surface area contributed by atoms with E-state index in [9.17, 15) is 9.18 Å². The van der Waals surface area contributed by atoms with Crippen molar-refractivity contribution in [1.82, 2.24) is 9.88 Å². The van der Waals surface area contributed by atoms with Crippen molar-refractivity contribution in [3.05, 3.63) is 29.8 Å². The van der Waals surface area contributed by atoms with Gasteiger partial charge in [-0.1, -0.05) is 0 Å². The molecule has 1 unspecified atom stereocenters. The minimum absolute atomic E-state index is 0.0560. The first-order valence-electron chi connectivity index (χ1n) is 5.39. The third-order valence-electron chi connectivity index (χ3n) is 2.37. The van der Waals surface area contributed by atoms with E-state index < -0.39 is 11.9 Å². The van der Waals surface area contributed by atoms with Gasteiger partial charge in [-0.25, -0.2) is 4.98 Å². The van der Waals surface area contributed by atoms with Crippen LogP contribution in [0.2, 0.25) is 0 Å². The van der Waals surface area contributed by atoms with Gasteiger partial charge in [-0.15, -0.1) is 0 Å². The van der Waals surface area contributed by atoms with Crippen molar-refractivity contribution < 1.29 is 9.18 Å². The fourth-order valence-electron chi connectivity index (χ4n) is 1.44. The summed E-state index contributed by atoms with van der Waals surface area (Å²) < 4.78 is 13.3. The van der Waals surface area contributed by atoms with Gasteiger partial charge in [-0.05, 0) is 26.0 Å². The normalized spacial score (nSPS) is 11.6. The molecule has 17 heavy (non-hydrogen) atoms. The lowest BCUT2D eigenvalue weighted by Gasteiger charge is -2.21. The molecule has 0 aliphatic carbocycles. The van der Waals surface area contributed by atoms with Gasteiger partial charge in [0.15, 0.2) is 0 Å². The van der Waals surface area contributed by atoms with E-state index in [2.05, 4.69) is 4.98 Å². The zero-order chi connectivity index (χ0) is 12.8. The second-order valence-corrected chi connectivity index (χ2v) is 3.72. The molecule has 0 aliphatic heterocycles. The third-order valence-corrected chi connectivity index (χ3v) is 2.37. The molecule has 0 N–H and O–H groups in total. The molecule has 0 radical (unpaired) electrons. The van der Waals surface area contributed by atoms with Gasteiger partial charge in [0.25, 0.3) is 5.91 Å². The average Bonchev–Trinajstić information content (AvgIpc) is 2.35. The third kappa shape index (κ3) is 3.25. The maximum Gasteiger partial charge on any atom is 0.258 e. The summed E-state index contributed by atoms with van der Waals surface area (Å²) in [7, 11) is 0. The monoisotopic (exact) mass is 235 g/mol. The molecule has 0 spiro atoms. The van der Waals surface area contributed by atoms with Crippen LogP contribution in [-0.2, 0) is 0 Å². The molecule has 0 aromatic carbocycles. The highest BCUT2D eigenvalue weighted by Crippen LogP contribution is 2.09. The van der Waals surface area contributed by atoms with Crippen molar-refractivity contribution in [2.75, 3.05) is 13.1 Å². The lowest BCUT2D eigenvalue weighted by molar-refractivity contribution is 0.0747. The Balaban J connectivity index is 2.88. The summed E-state index contributed by atoms with van der Waals surface area (Å²) in [6, 6.07) is 4.95. The van der Waals surface area contributed by atoms with Crippen LogP contribution in [0.3, 0.4) is 0 Å². The van der Waals surface area contributed by atoms with E-state index in [1.807, 2.05) is 6.07 Å². The van der Waals surface area contributed by atoms with Gasteiger partial charge < -0.3 is 4.90 Å². The maximum atomic E-state index is 13.3. The number of carbonyl (C=O) groups is 1. The quantitative estimate of drug-likeness (QED) is 0.748. The molecule has 0 bridgehead atoms. The van der Waals surface area contributed by atoms with Crippen LogP contribution in [0.5, 0.6) is 0 Å². The van der Waals surface area contributed by atoms with Crippen LogP contribution >= 0.6 is 0 Å². The number of nitriles is 1. The van der Waals surface area contributed by atoms with Crippen LogP contribution in [0.25, 0.3) is 0 Å². The molecule has 0 saturated heterocycles. The fourth-order valence-corrected chi connectivity index (χ4v) is 1.44. The summed E-state index contributed by atoms with van der Waals surface area (Å²) in [6.45, 7) is 4.23. The molecular formula is C12H14FN3O. The molecule has 0 aliphatic rings. The number of halogens is 1. The Bertz CT molecular complexity index is 442. The predicted molar refractivity (Wildman–Crippen MR) is 60.5 cm³/mol. The minimum atomic E-state index is -0.777. The van der Waals surface area contributed by atoms with E-state index in [1.165, 1.54) is 23.2 Å². The first-order chi connectivity index (χ1) is 8.10. The van der Waals surface area contributed by atoms with E-state index in [0.717, 1.165) is 0 Å². The minimum Gasteiger partial charge on any atom is -0.337 e. The Labute approximate surface area is 99.7 Å². The molecule has 1 atom stereocenters. The van der Waals surface area contributed by atoms with Crippen LogP contribution in [-0.4, -0.2) is 28.9 Å². The van der Waals surface area contributed by atoms with Crippen molar-refractivity contribution in [1.29, 1.82) is 5.26 Å². The first-order valence-corrected chi connectivity index (χ1v) is 5.39. The summed E-state index contributed by atoms with van der Waals surface area (Å²) in [5, 5.41) is 8.71. The summed E-state index contributed by atoms with van der Waals surface area (Å²) in [6.07, 6.45) is 1.29.